The Kier molecular flexibility index (Phi) is 3.77. The van der Waals surface area contributed by atoms with Gasteiger partial charge in [0.25, 0.3) is 0 Å². The third-order valence-electron chi connectivity index (χ3n) is 2.73. The van der Waals surface area contributed by atoms with Crippen LogP contribution in [0.15, 0.2) is 24.3 Å². The van der Waals surface area contributed by atoms with Crippen LogP contribution in [-0.4, -0.2) is 15.2 Å². The molecule has 1 atom stereocenters. The van der Waals surface area contributed by atoms with Crippen LogP contribution in [-0.2, 0) is 0 Å². The van der Waals surface area contributed by atoms with Crippen molar-refractivity contribution in [3.8, 4) is 0 Å². The van der Waals surface area contributed by atoms with Crippen LogP contribution in [0.4, 0.5) is 11.6 Å². The van der Waals surface area contributed by atoms with Gasteiger partial charge in [-0.1, -0.05) is 18.2 Å². The van der Waals surface area contributed by atoms with Crippen molar-refractivity contribution in [3.05, 3.63) is 41.2 Å². The normalized spacial score (nSPS) is 12.2. The highest BCUT2D eigenvalue weighted by atomic mass is 35.5. The fourth-order valence-corrected chi connectivity index (χ4v) is 1.78. The second kappa shape index (κ2) is 5.31. The lowest BCUT2D eigenvalue weighted by Crippen LogP contribution is -2.04. The van der Waals surface area contributed by atoms with Crippen molar-refractivity contribution < 1.29 is 0 Å². The lowest BCUT2D eigenvalue weighted by Gasteiger charge is -2.12. The molecule has 5 heteroatoms. The first-order chi connectivity index (χ1) is 8.58. The first kappa shape index (κ1) is 12.8. The molecule has 1 N–H and O–H groups in total. The van der Waals surface area contributed by atoms with Gasteiger partial charge in [-0.2, -0.15) is 5.10 Å². The van der Waals surface area contributed by atoms with E-state index in [9.17, 15) is 0 Å². The second-order valence-electron chi connectivity index (χ2n) is 4.13. The standard InChI is InChI=1S/C13H15ClN4/c1-8(14)11-6-4-5-7-12(11)16-13-15-9(2)10(3)17-18-13/h4-8H,1-3H3,(H,15,16,18). The minimum Gasteiger partial charge on any atom is -0.323 e. The zero-order valence-electron chi connectivity index (χ0n) is 10.6. The number of aromatic nitrogens is 3. The van der Waals surface area contributed by atoms with Gasteiger partial charge in [0, 0.05) is 5.69 Å². The number of para-hydroxylation sites is 1. The van der Waals surface area contributed by atoms with Crippen molar-refractivity contribution in [2.45, 2.75) is 26.1 Å². The molecular weight excluding hydrogens is 248 g/mol. The molecule has 4 nitrogen and oxygen atoms in total. The topological polar surface area (TPSA) is 50.7 Å². The van der Waals surface area contributed by atoms with Crippen LogP contribution in [0.3, 0.4) is 0 Å². The Balaban J connectivity index is 2.31. The van der Waals surface area contributed by atoms with Crippen LogP contribution in [0.5, 0.6) is 0 Å². The molecule has 0 aliphatic rings. The van der Waals surface area contributed by atoms with E-state index in [1.165, 1.54) is 0 Å². The summed E-state index contributed by atoms with van der Waals surface area (Å²) in [7, 11) is 0. The smallest absolute Gasteiger partial charge is 0.247 e. The number of benzene rings is 1. The largest absolute Gasteiger partial charge is 0.323 e. The maximum atomic E-state index is 6.13. The Morgan fingerprint density at radius 3 is 2.50 bits per heavy atom. The van der Waals surface area contributed by atoms with Gasteiger partial charge in [0.05, 0.1) is 16.8 Å². The van der Waals surface area contributed by atoms with E-state index in [1.807, 2.05) is 45.0 Å². The minimum absolute atomic E-state index is 0.0757. The summed E-state index contributed by atoms with van der Waals surface area (Å²) < 4.78 is 0. The molecule has 0 aliphatic carbocycles. The Morgan fingerprint density at radius 1 is 1.11 bits per heavy atom. The van der Waals surface area contributed by atoms with Crippen LogP contribution >= 0.6 is 11.6 Å². The highest BCUT2D eigenvalue weighted by molar-refractivity contribution is 6.21. The number of rotatable bonds is 3. The van der Waals surface area contributed by atoms with Crippen LogP contribution < -0.4 is 5.32 Å². The first-order valence-corrected chi connectivity index (χ1v) is 6.19. The number of anilines is 2. The average Bonchev–Trinajstić information content (AvgIpc) is 2.34. The molecule has 0 aliphatic heterocycles. The van der Waals surface area contributed by atoms with Gasteiger partial charge in [-0.25, -0.2) is 4.98 Å². The molecule has 0 bridgehead atoms. The fraction of sp³-hybridized carbons (Fsp3) is 0.308. The summed E-state index contributed by atoms with van der Waals surface area (Å²) in [6.07, 6.45) is 0. The molecule has 0 amide bonds. The van der Waals surface area contributed by atoms with Gasteiger partial charge in [0.1, 0.15) is 0 Å². The van der Waals surface area contributed by atoms with Crippen LogP contribution in [0.2, 0.25) is 0 Å². The third kappa shape index (κ3) is 2.76. The quantitative estimate of drug-likeness (QED) is 0.860. The molecule has 0 spiro atoms. The van der Waals surface area contributed by atoms with E-state index in [2.05, 4.69) is 20.5 Å². The van der Waals surface area contributed by atoms with E-state index in [4.69, 9.17) is 11.6 Å². The van der Waals surface area contributed by atoms with Crippen LogP contribution in [0.25, 0.3) is 0 Å². The van der Waals surface area contributed by atoms with E-state index in [-0.39, 0.29) is 5.38 Å². The number of hydrogen-bond acceptors (Lipinski definition) is 4. The van der Waals surface area contributed by atoms with Gasteiger partial charge >= 0.3 is 0 Å². The molecule has 2 rings (SSSR count). The van der Waals surface area contributed by atoms with Gasteiger partial charge in [-0.3, -0.25) is 0 Å². The lowest BCUT2D eigenvalue weighted by molar-refractivity contribution is 0.903. The molecule has 0 saturated carbocycles. The maximum Gasteiger partial charge on any atom is 0.247 e. The van der Waals surface area contributed by atoms with Crippen molar-refractivity contribution in [2.24, 2.45) is 0 Å². The Bertz CT molecular complexity index is 554. The predicted molar refractivity (Wildman–Crippen MR) is 73.3 cm³/mol. The van der Waals surface area contributed by atoms with E-state index < -0.39 is 0 Å². The summed E-state index contributed by atoms with van der Waals surface area (Å²) in [4.78, 5) is 4.34. The molecule has 1 aromatic carbocycles. The Labute approximate surface area is 111 Å². The summed E-state index contributed by atoms with van der Waals surface area (Å²) in [5.74, 6) is 0.489. The summed E-state index contributed by atoms with van der Waals surface area (Å²) in [6.45, 7) is 5.72. The van der Waals surface area contributed by atoms with E-state index in [0.717, 1.165) is 22.6 Å². The number of alkyl halides is 1. The van der Waals surface area contributed by atoms with Gasteiger partial charge < -0.3 is 5.32 Å². The maximum absolute atomic E-state index is 6.13. The van der Waals surface area contributed by atoms with Crippen molar-refractivity contribution in [2.75, 3.05) is 5.32 Å². The zero-order valence-corrected chi connectivity index (χ0v) is 11.4. The average molecular weight is 263 g/mol. The molecule has 2 aromatic rings. The third-order valence-corrected chi connectivity index (χ3v) is 2.96. The number of hydrogen-bond donors (Lipinski definition) is 1. The molecule has 1 heterocycles. The second-order valence-corrected chi connectivity index (χ2v) is 4.79. The lowest BCUT2D eigenvalue weighted by atomic mass is 10.1. The van der Waals surface area contributed by atoms with Gasteiger partial charge in [0.15, 0.2) is 0 Å². The van der Waals surface area contributed by atoms with E-state index in [1.54, 1.807) is 0 Å². The predicted octanol–water partition coefficient (Wildman–Crippen LogP) is 3.53. The van der Waals surface area contributed by atoms with Gasteiger partial charge in [0.2, 0.25) is 5.95 Å². The van der Waals surface area contributed by atoms with Gasteiger partial charge in [-0.05, 0) is 32.4 Å². The summed E-state index contributed by atoms with van der Waals surface area (Å²) >= 11 is 6.13. The molecule has 1 aromatic heterocycles. The molecular formula is C13H15ClN4. The fourth-order valence-electron chi connectivity index (χ4n) is 1.59. The number of nitrogens with zero attached hydrogens (tertiary/aromatic N) is 3. The molecule has 0 radical (unpaired) electrons. The highest BCUT2D eigenvalue weighted by Crippen LogP contribution is 2.28. The first-order valence-electron chi connectivity index (χ1n) is 5.76. The minimum atomic E-state index is -0.0757. The van der Waals surface area contributed by atoms with Gasteiger partial charge in [-0.15, -0.1) is 16.7 Å². The SMILES string of the molecule is Cc1nnc(Nc2ccccc2C(C)Cl)nc1C. The van der Waals surface area contributed by atoms with Crippen molar-refractivity contribution in [1.82, 2.24) is 15.2 Å². The molecule has 94 valence electrons. The van der Waals surface area contributed by atoms with Crippen molar-refractivity contribution in [1.29, 1.82) is 0 Å². The monoisotopic (exact) mass is 262 g/mol. The number of halogens is 1. The highest BCUT2D eigenvalue weighted by Gasteiger charge is 2.09. The summed E-state index contributed by atoms with van der Waals surface area (Å²) in [6, 6.07) is 7.83. The molecule has 18 heavy (non-hydrogen) atoms. The number of nitrogens with one attached hydrogen (secondary N) is 1. The van der Waals surface area contributed by atoms with Crippen LogP contribution in [0.1, 0.15) is 29.3 Å². The van der Waals surface area contributed by atoms with E-state index >= 15 is 0 Å². The molecule has 0 fully saturated rings. The zero-order chi connectivity index (χ0) is 13.1. The summed E-state index contributed by atoms with van der Waals surface area (Å²) in [5.41, 5.74) is 3.62. The Hall–Kier alpha value is -1.68. The number of aryl methyl sites for hydroxylation is 2. The van der Waals surface area contributed by atoms with Crippen molar-refractivity contribution in [3.63, 3.8) is 0 Å². The van der Waals surface area contributed by atoms with Crippen molar-refractivity contribution >= 4 is 23.2 Å². The molecule has 0 saturated heterocycles. The summed E-state index contributed by atoms with van der Waals surface area (Å²) in [5, 5.41) is 11.1. The Morgan fingerprint density at radius 2 is 1.83 bits per heavy atom. The molecule has 1 unspecified atom stereocenters. The van der Waals surface area contributed by atoms with Crippen LogP contribution in [0, 0.1) is 13.8 Å². The van der Waals surface area contributed by atoms with E-state index in [0.29, 0.717) is 5.95 Å².